The fraction of sp³-hybridized carbons (Fsp3) is 0.571. The van der Waals surface area contributed by atoms with Crippen LogP contribution in [0.15, 0.2) is 23.1 Å². The van der Waals surface area contributed by atoms with Crippen molar-refractivity contribution in [2.24, 2.45) is 0 Å². The minimum absolute atomic E-state index is 0.795. The SMILES string of the molecule is COCCNCCSc1ccc2c(c1)CCC2. The molecule has 3 heteroatoms. The highest BCUT2D eigenvalue weighted by Gasteiger charge is 2.10. The van der Waals surface area contributed by atoms with E-state index in [-0.39, 0.29) is 0 Å². The van der Waals surface area contributed by atoms with Gasteiger partial charge in [0.15, 0.2) is 0 Å². The Balaban J connectivity index is 1.69. The van der Waals surface area contributed by atoms with Crippen molar-refractivity contribution in [3.8, 4) is 0 Å². The molecule has 17 heavy (non-hydrogen) atoms. The molecule has 2 rings (SSSR count). The van der Waals surface area contributed by atoms with Crippen molar-refractivity contribution in [3.05, 3.63) is 29.3 Å². The van der Waals surface area contributed by atoms with Crippen LogP contribution < -0.4 is 5.32 Å². The average molecular weight is 251 g/mol. The maximum absolute atomic E-state index is 4.99. The van der Waals surface area contributed by atoms with Crippen LogP contribution in [0, 0.1) is 0 Å². The first-order valence-corrected chi connectivity index (χ1v) is 7.33. The summed E-state index contributed by atoms with van der Waals surface area (Å²) in [6.07, 6.45) is 3.89. The predicted octanol–water partition coefficient (Wildman–Crippen LogP) is 2.50. The summed E-state index contributed by atoms with van der Waals surface area (Å²) in [6, 6.07) is 6.95. The maximum Gasteiger partial charge on any atom is 0.0587 e. The molecule has 1 aromatic carbocycles. The van der Waals surface area contributed by atoms with Gasteiger partial charge in [-0.05, 0) is 42.5 Å². The Morgan fingerprint density at radius 1 is 1.24 bits per heavy atom. The Bertz CT molecular complexity index is 354. The number of ether oxygens (including phenoxy) is 1. The molecule has 0 bridgehead atoms. The lowest BCUT2D eigenvalue weighted by atomic mass is 10.1. The number of aryl methyl sites for hydroxylation is 2. The third-order valence-electron chi connectivity index (χ3n) is 3.10. The normalized spacial score (nSPS) is 13.9. The van der Waals surface area contributed by atoms with E-state index in [0.29, 0.717) is 0 Å². The molecule has 0 amide bonds. The molecule has 0 unspecified atom stereocenters. The summed E-state index contributed by atoms with van der Waals surface area (Å²) >= 11 is 1.94. The van der Waals surface area contributed by atoms with Gasteiger partial charge in [0, 0.05) is 30.8 Å². The average Bonchev–Trinajstić information content (AvgIpc) is 2.81. The van der Waals surface area contributed by atoms with Gasteiger partial charge in [-0.3, -0.25) is 0 Å². The summed E-state index contributed by atoms with van der Waals surface area (Å²) in [5.41, 5.74) is 3.13. The van der Waals surface area contributed by atoms with E-state index in [1.807, 2.05) is 11.8 Å². The van der Waals surface area contributed by atoms with Gasteiger partial charge in [-0.2, -0.15) is 0 Å². The summed E-state index contributed by atoms with van der Waals surface area (Å²) < 4.78 is 4.99. The highest BCUT2D eigenvalue weighted by atomic mass is 32.2. The van der Waals surface area contributed by atoms with Crippen LogP contribution in [0.3, 0.4) is 0 Å². The standard InChI is InChI=1S/C14H21NOS/c1-16-9-7-15-8-10-17-14-6-5-12-3-2-4-13(12)11-14/h5-6,11,15H,2-4,7-10H2,1H3. The van der Waals surface area contributed by atoms with Crippen molar-refractivity contribution >= 4 is 11.8 Å². The molecule has 0 aliphatic heterocycles. The second-order valence-corrected chi connectivity index (χ2v) is 5.54. The molecule has 1 aliphatic carbocycles. The van der Waals surface area contributed by atoms with Crippen LogP contribution in [0.5, 0.6) is 0 Å². The van der Waals surface area contributed by atoms with E-state index in [0.717, 1.165) is 25.4 Å². The lowest BCUT2D eigenvalue weighted by Gasteiger charge is -2.06. The lowest BCUT2D eigenvalue weighted by molar-refractivity contribution is 0.200. The zero-order chi connectivity index (χ0) is 11.9. The van der Waals surface area contributed by atoms with Gasteiger partial charge in [0.05, 0.1) is 6.61 Å². The zero-order valence-corrected chi connectivity index (χ0v) is 11.3. The Labute approximate surface area is 108 Å². The molecule has 2 nitrogen and oxygen atoms in total. The van der Waals surface area contributed by atoms with Crippen molar-refractivity contribution in [2.75, 3.05) is 32.6 Å². The number of hydrogen-bond donors (Lipinski definition) is 1. The zero-order valence-electron chi connectivity index (χ0n) is 10.5. The van der Waals surface area contributed by atoms with E-state index < -0.39 is 0 Å². The number of nitrogens with one attached hydrogen (secondary N) is 1. The van der Waals surface area contributed by atoms with Crippen LogP contribution in [-0.2, 0) is 17.6 Å². The third-order valence-corrected chi connectivity index (χ3v) is 4.10. The van der Waals surface area contributed by atoms with Gasteiger partial charge in [-0.15, -0.1) is 11.8 Å². The monoisotopic (exact) mass is 251 g/mol. The van der Waals surface area contributed by atoms with Crippen LogP contribution in [0.1, 0.15) is 17.5 Å². The number of rotatable bonds is 7. The quantitative estimate of drug-likeness (QED) is 0.594. The highest BCUT2D eigenvalue weighted by Crippen LogP contribution is 2.27. The summed E-state index contributed by atoms with van der Waals surface area (Å²) in [5, 5.41) is 3.36. The smallest absolute Gasteiger partial charge is 0.0587 e. The van der Waals surface area contributed by atoms with Crippen LogP contribution in [-0.4, -0.2) is 32.6 Å². The molecular formula is C14H21NOS. The maximum atomic E-state index is 4.99. The van der Waals surface area contributed by atoms with E-state index in [1.54, 1.807) is 18.2 Å². The summed E-state index contributed by atoms with van der Waals surface area (Å²) in [4.78, 5) is 1.42. The Morgan fingerprint density at radius 3 is 3.00 bits per heavy atom. The minimum Gasteiger partial charge on any atom is -0.383 e. The fourth-order valence-corrected chi connectivity index (χ4v) is 3.05. The largest absolute Gasteiger partial charge is 0.383 e. The number of hydrogen-bond acceptors (Lipinski definition) is 3. The Kier molecular flexibility index (Phi) is 5.36. The van der Waals surface area contributed by atoms with E-state index in [2.05, 4.69) is 23.5 Å². The Morgan fingerprint density at radius 2 is 2.12 bits per heavy atom. The van der Waals surface area contributed by atoms with E-state index in [4.69, 9.17) is 4.74 Å². The molecule has 0 saturated heterocycles. The van der Waals surface area contributed by atoms with Gasteiger partial charge >= 0.3 is 0 Å². The van der Waals surface area contributed by atoms with Crippen LogP contribution >= 0.6 is 11.8 Å². The topological polar surface area (TPSA) is 21.3 Å². The molecule has 0 atom stereocenters. The number of fused-ring (bicyclic) bond motifs is 1. The van der Waals surface area contributed by atoms with Crippen molar-refractivity contribution < 1.29 is 4.74 Å². The van der Waals surface area contributed by atoms with Gasteiger partial charge in [0.25, 0.3) is 0 Å². The first kappa shape index (κ1) is 12.9. The van der Waals surface area contributed by atoms with Gasteiger partial charge in [0.1, 0.15) is 0 Å². The van der Waals surface area contributed by atoms with Gasteiger partial charge < -0.3 is 10.1 Å². The van der Waals surface area contributed by atoms with Gasteiger partial charge in [-0.1, -0.05) is 6.07 Å². The summed E-state index contributed by atoms with van der Waals surface area (Å²) in [6.45, 7) is 2.79. The Hall–Kier alpha value is -0.510. The van der Waals surface area contributed by atoms with Gasteiger partial charge in [0.2, 0.25) is 0 Å². The molecule has 0 fully saturated rings. The lowest BCUT2D eigenvalue weighted by Crippen LogP contribution is -2.21. The molecule has 94 valence electrons. The molecule has 0 saturated carbocycles. The first-order valence-electron chi connectivity index (χ1n) is 6.34. The first-order chi connectivity index (χ1) is 8.40. The molecule has 1 aromatic rings. The molecule has 0 aromatic heterocycles. The van der Waals surface area contributed by atoms with Gasteiger partial charge in [-0.25, -0.2) is 0 Å². The van der Waals surface area contributed by atoms with Crippen molar-refractivity contribution in [1.82, 2.24) is 5.32 Å². The summed E-state index contributed by atoms with van der Waals surface area (Å²) in [7, 11) is 1.74. The van der Waals surface area contributed by atoms with E-state index in [1.165, 1.54) is 24.2 Å². The van der Waals surface area contributed by atoms with Crippen molar-refractivity contribution in [1.29, 1.82) is 0 Å². The van der Waals surface area contributed by atoms with Crippen LogP contribution in [0.25, 0.3) is 0 Å². The van der Waals surface area contributed by atoms with Crippen LogP contribution in [0.2, 0.25) is 0 Å². The minimum atomic E-state index is 0.795. The van der Waals surface area contributed by atoms with E-state index in [9.17, 15) is 0 Å². The van der Waals surface area contributed by atoms with E-state index >= 15 is 0 Å². The fourth-order valence-electron chi connectivity index (χ4n) is 2.18. The predicted molar refractivity (Wildman–Crippen MR) is 73.9 cm³/mol. The molecule has 1 aliphatic rings. The molecular weight excluding hydrogens is 230 g/mol. The molecule has 0 spiro atoms. The van der Waals surface area contributed by atoms with Crippen molar-refractivity contribution in [3.63, 3.8) is 0 Å². The van der Waals surface area contributed by atoms with Crippen molar-refractivity contribution in [2.45, 2.75) is 24.2 Å². The molecule has 1 N–H and O–H groups in total. The highest BCUT2D eigenvalue weighted by molar-refractivity contribution is 7.99. The number of benzene rings is 1. The molecule has 0 heterocycles. The number of thioether (sulfide) groups is 1. The second-order valence-electron chi connectivity index (χ2n) is 4.38. The number of methoxy groups -OCH3 is 1. The van der Waals surface area contributed by atoms with Crippen LogP contribution in [0.4, 0.5) is 0 Å². The molecule has 0 radical (unpaired) electrons. The third kappa shape index (κ3) is 4.02. The second kappa shape index (κ2) is 7.04. The summed E-state index contributed by atoms with van der Waals surface area (Å²) in [5.74, 6) is 1.13.